The molecule has 122 valence electrons. The summed E-state index contributed by atoms with van der Waals surface area (Å²) in [5.41, 5.74) is 3.34. The van der Waals surface area contributed by atoms with Crippen LogP contribution in [0.2, 0.25) is 0 Å². The molecule has 3 heterocycles. The number of pyridine rings is 1. The van der Waals surface area contributed by atoms with Gasteiger partial charge < -0.3 is 9.72 Å². The number of aromatic nitrogens is 3. The van der Waals surface area contributed by atoms with Crippen molar-refractivity contribution < 1.29 is 4.74 Å². The van der Waals surface area contributed by atoms with E-state index in [1.807, 2.05) is 30.6 Å². The minimum Gasteiger partial charge on any atom is -0.378 e. The van der Waals surface area contributed by atoms with Crippen LogP contribution in [0.25, 0.3) is 11.3 Å². The zero-order valence-corrected chi connectivity index (χ0v) is 13.4. The maximum atomic E-state index is 5.71. The lowest BCUT2D eigenvalue weighted by Crippen LogP contribution is -2.39. The van der Waals surface area contributed by atoms with Gasteiger partial charge in [-0.2, -0.15) is 0 Å². The normalized spacial score (nSPS) is 18.6. The first-order valence-corrected chi connectivity index (χ1v) is 8.21. The molecule has 3 aromatic rings. The Labute approximate surface area is 141 Å². The van der Waals surface area contributed by atoms with Crippen LogP contribution in [0.4, 0.5) is 0 Å². The number of aromatic amines is 1. The molecule has 0 bridgehead atoms. The second-order valence-corrected chi connectivity index (χ2v) is 5.97. The molecule has 0 aliphatic carbocycles. The molecule has 1 aliphatic rings. The van der Waals surface area contributed by atoms with Crippen molar-refractivity contribution in [2.45, 2.75) is 12.6 Å². The van der Waals surface area contributed by atoms with E-state index in [1.54, 1.807) is 6.20 Å². The van der Waals surface area contributed by atoms with E-state index < -0.39 is 0 Å². The van der Waals surface area contributed by atoms with Gasteiger partial charge in [0.25, 0.3) is 0 Å². The van der Waals surface area contributed by atoms with Crippen molar-refractivity contribution in [1.82, 2.24) is 19.9 Å². The van der Waals surface area contributed by atoms with Gasteiger partial charge in [-0.25, -0.2) is 4.98 Å². The summed E-state index contributed by atoms with van der Waals surface area (Å²) < 4.78 is 5.71. The third kappa shape index (κ3) is 3.22. The zero-order chi connectivity index (χ0) is 16.2. The molecule has 2 aromatic heterocycles. The Balaban J connectivity index is 1.56. The Hall–Kier alpha value is -2.50. The largest absolute Gasteiger partial charge is 0.378 e. The average molecular weight is 320 g/mol. The van der Waals surface area contributed by atoms with Gasteiger partial charge in [-0.15, -0.1) is 0 Å². The summed E-state index contributed by atoms with van der Waals surface area (Å²) in [6, 6.07) is 14.6. The standard InChI is InChI=1S/C19H20N4O/c1-2-5-15(6-3-1)13-23-9-10-24-14-18(23)19-21-12-17(22-19)16-7-4-8-20-11-16/h1-8,11-12,18H,9-10,13-14H2,(H,21,22). The van der Waals surface area contributed by atoms with Crippen LogP contribution in [-0.4, -0.2) is 39.6 Å². The monoisotopic (exact) mass is 320 g/mol. The molecule has 0 saturated carbocycles. The molecule has 4 rings (SSSR count). The first-order chi connectivity index (χ1) is 11.9. The molecule has 1 aromatic carbocycles. The van der Waals surface area contributed by atoms with Gasteiger partial charge >= 0.3 is 0 Å². The van der Waals surface area contributed by atoms with Gasteiger partial charge in [0.2, 0.25) is 0 Å². The molecule has 0 radical (unpaired) electrons. The van der Waals surface area contributed by atoms with Crippen LogP contribution in [-0.2, 0) is 11.3 Å². The number of nitrogens with zero attached hydrogens (tertiary/aromatic N) is 3. The van der Waals surface area contributed by atoms with Crippen molar-refractivity contribution in [2.75, 3.05) is 19.8 Å². The highest BCUT2D eigenvalue weighted by Gasteiger charge is 2.27. The number of H-pyrrole nitrogens is 1. The number of nitrogens with one attached hydrogen (secondary N) is 1. The molecule has 1 atom stereocenters. The summed E-state index contributed by atoms with van der Waals surface area (Å²) in [5.74, 6) is 0.949. The Morgan fingerprint density at radius 2 is 2.04 bits per heavy atom. The average Bonchev–Trinajstić information content (AvgIpc) is 3.14. The number of rotatable bonds is 4. The molecule has 0 spiro atoms. The topological polar surface area (TPSA) is 54.0 Å². The molecular weight excluding hydrogens is 300 g/mol. The first kappa shape index (κ1) is 15.1. The van der Waals surface area contributed by atoms with Gasteiger partial charge in [0.05, 0.1) is 31.1 Å². The molecule has 0 amide bonds. The van der Waals surface area contributed by atoms with Gasteiger partial charge in [0.15, 0.2) is 0 Å². The summed E-state index contributed by atoms with van der Waals surface area (Å²) in [5, 5.41) is 0. The summed E-state index contributed by atoms with van der Waals surface area (Å²) in [7, 11) is 0. The molecule has 1 fully saturated rings. The minimum absolute atomic E-state index is 0.143. The van der Waals surface area contributed by atoms with E-state index in [4.69, 9.17) is 4.74 Å². The molecule has 1 N–H and O–H groups in total. The van der Waals surface area contributed by atoms with E-state index >= 15 is 0 Å². The van der Waals surface area contributed by atoms with Crippen molar-refractivity contribution in [3.05, 3.63) is 72.4 Å². The highest BCUT2D eigenvalue weighted by atomic mass is 16.5. The fourth-order valence-corrected chi connectivity index (χ4v) is 3.07. The van der Waals surface area contributed by atoms with Crippen molar-refractivity contribution >= 4 is 0 Å². The van der Waals surface area contributed by atoms with Crippen molar-refractivity contribution in [1.29, 1.82) is 0 Å². The Kier molecular flexibility index (Phi) is 4.36. The SMILES string of the molecule is c1ccc(CN2CCOCC2c2ncc(-c3cccnc3)[nH]2)cc1. The molecule has 24 heavy (non-hydrogen) atoms. The summed E-state index contributed by atoms with van der Waals surface area (Å²) in [4.78, 5) is 14.6. The molecule has 1 saturated heterocycles. The van der Waals surface area contributed by atoms with Crippen LogP contribution in [0, 0.1) is 0 Å². The van der Waals surface area contributed by atoms with E-state index in [2.05, 4.69) is 44.1 Å². The number of hydrogen-bond donors (Lipinski definition) is 1. The van der Waals surface area contributed by atoms with Crippen LogP contribution >= 0.6 is 0 Å². The van der Waals surface area contributed by atoms with Gasteiger partial charge in [-0.05, 0) is 17.7 Å². The first-order valence-electron chi connectivity index (χ1n) is 8.21. The Bertz CT molecular complexity index is 772. The quantitative estimate of drug-likeness (QED) is 0.803. The summed E-state index contributed by atoms with van der Waals surface area (Å²) in [6.07, 6.45) is 5.50. The summed E-state index contributed by atoms with van der Waals surface area (Å²) in [6.45, 7) is 3.23. The van der Waals surface area contributed by atoms with Gasteiger partial charge in [0.1, 0.15) is 5.82 Å². The molecule has 1 aliphatic heterocycles. The van der Waals surface area contributed by atoms with Crippen LogP contribution in [0.1, 0.15) is 17.4 Å². The summed E-state index contributed by atoms with van der Waals surface area (Å²) >= 11 is 0. The lowest BCUT2D eigenvalue weighted by Gasteiger charge is -2.34. The maximum absolute atomic E-state index is 5.71. The Morgan fingerprint density at radius 3 is 2.88 bits per heavy atom. The second-order valence-electron chi connectivity index (χ2n) is 5.97. The van der Waals surface area contributed by atoms with Crippen molar-refractivity contribution in [3.63, 3.8) is 0 Å². The fraction of sp³-hybridized carbons (Fsp3) is 0.263. The zero-order valence-electron chi connectivity index (χ0n) is 13.4. The van der Waals surface area contributed by atoms with Crippen LogP contribution in [0.3, 0.4) is 0 Å². The number of benzene rings is 1. The van der Waals surface area contributed by atoms with Gasteiger partial charge in [-0.3, -0.25) is 9.88 Å². The van der Waals surface area contributed by atoms with E-state index in [0.717, 1.165) is 36.8 Å². The fourth-order valence-electron chi connectivity index (χ4n) is 3.07. The predicted molar refractivity (Wildman–Crippen MR) is 92.2 cm³/mol. The van der Waals surface area contributed by atoms with E-state index in [9.17, 15) is 0 Å². The van der Waals surface area contributed by atoms with Crippen molar-refractivity contribution in [2.24, 2.45) is 0 Å². The van der Waals surface area contributed by atoms with Crippen LogP contribution in [0.15, 0.2) is 61.1 Å². The van der Waals surface area contributed by atoms with Gasteiger partial charge in [0, 0.05) is 31.0 Å². The van der Waals surface area contributed by atoms with E-state index in [-0.39, 0.29) is 6.04 Å². The van der Waals surface area contributed by atoms with E-state index in [0.29, 0.717) is 6.61 Å². The third-order valence-electron chi connectivity index (χ3n) is 4.35. The highest BCUT2D eigenvalue weighted by Crippen LogP contribution is 2.26. The number of morpholine rings is 1. The predicted octanol–water partition coefficient (Wildman–Crippen LogP) is 3.05. The lowest BCUT2D eigenvalue weighted by molar-refractivity contribution is -0.0156. The molecule has 1 unspecified atom stereocenters. The van der Waals surface area contributed by atoms with Crippen molar-refractivity contribution in [3.8, 4) is 11.3 Å². The molecule has 5 heteroatoms. The Morgan fingerprint density at radius 1 is 1.12 bits per heavy atom. The van der Waals surface area contributed by atoms with Crippen LogP contribution in [0.5, 0.6) is 0 Å². The second kappa shape index (κ2) is 6.95. The number of ether oxygens (including phenoxy) is 1. The molecule has 5 nitrogen and oxygen atoms in total. The van der Waals surface area contributed by atoms with E-state index in [1.165, 1.54) is 5.56 Å². The maximum Gasteiger partial charge on any atom is 0.126 e. The van der Waals surface area contributed by atoms with Crippen LogP contribution < -0.4 is 0 Å². The molecular formula is C19H20N4O. The lowest BCUT2D eigenvalue weighted by atomic mass is 10.1. The highest BCUT2D eigenvalue weighted by molar-refractivity contribution is 5.56. The number of hydrogen-bond acceptors (Lipinski definition) is 4. The van der Waals surface area contributed by atoms with Gasteiger partial charge in [-0.1, -0.05) is 30.3 Å². The smallest absolute Gasteiger partial charge is 0.126 e. The minimum atomic E-state index is 0.143. The third-order valence-corrected chi connectivity index (χ3v) is 4.35. The number of imidazole rings is 1.